The lowest BCUT2D eigenvalue weighted by Gasteiger charge is -2.03. The van der Waals surface area contributed by atoms with Crippen LogP contribution in [0.2, 0.25) is 0 Å². The third-order valence-corrected chi connectivity index (χ3v) is 6.29. The van der Waals surface area contributed by atoms with Crippen molar-refractivity contribution in [3.05, 3.63) is 12.2 Å². The second-order valence-electron chi connectivity index (χ2n) is 9.40. The number of esters is 2. The third kappa shape index (κ3) is 25.0. The van der Waals surface area contributed by atoms with Gasteiger partial charge in [0, 0.05) is 25.7 Å². The van der Waals surface area contributed by atoms with Crippen molar-refractivity contribution in [1.29, 1.82) is 0 Å². The lowest BCUT2D eigenvalue weighted by molar-refractivity contribution is -0.141. The molecule has 0 rings (SSSR count). The summed E-state index contributed by atoms with van der Waals surface area (Å²) >= 11 is 0. The summed E-state index contributed by atoms with van der Waals surface area (Å²) in [6.07, 6.45) is 27.7. The predicted octanol–water partition coefficient (Wildman–Crippen LogP) is 8.04. The van der Waals surface area contributed by atoms with Gasteiger partial charge in [-0.05, 0) is 51.4 Å². The Bertz CT molecular complexity index is 527. The van der Waals surface area contributed by atoms with Crippen LogP contribution >= 0.6 is 0 Å². The van der Waals surface area contributed by atoms with E-state index in [1.165, 1.54) is 78.4 Å². The second-order valence-corrected chi connectivity index (χ2v) is 9.40. The van der Waals surface area contributed by atoms with E-state index in [9.17, 15) is 14.4 Å². The highest BCUT2D eigenvalue weighted by Gasteiger charge is 2.03. The Balaban J connectivity index is 3.25. The Morgan fingerprint density at radius 2 is 0.735 bits per heavy atom. The molecule has 0 saturated carbocycles. The quantitative estimate of drug-likeness (QED) is 0.0751. The predicted molar refractivity (Wildman–Crippen MR) is 140 cm³/mol. The monoisotopic (exact) mass is 480 g/mol. The van der Waals surface area contributed by atoms with E-state index in [4.69, 9.17) is 0 Å². The summed E-state index contributed by atoms with van der Waals surface area (Å²) in [5, 5.41) is 0. The average Bonchev–Trinajstić information content (AvgIpc) is 2.84. The van der Waals surface area contributed by atoms with E-state index < -0.39 is 0 Å². The molecular weight excluding hydrogens is 428 g/mol. The standard InChI is InChI=1S/C29H52O5/c1-33-28(31)25-21-17-13-11-9-7-5-3-4-6-8-10-12-15-19-23-27(30)24-20-16-14-18-22-26-29(32)34-2/h3,5H,4,6-26H2,1-2H3. The van der Waals surface area contributed by atoms with Gasteiger partial charge in [0.15, 0.2) is 0 Å². The van der Waals surface area contributed by atoms with Crippen molar-refractivity contribution in [3.63, 3.8) is 0 Å². The van der Waals surface area contributed by atoms with E-state index in [0.717, 1.165) is 64.2 Å². The Kier molecular flexibility index (Phi) is 24.7. The van der Waals surface area contributed by atoms with Crippen LogP contribution in [0.4, 0.5) is 0 Å². The van der Waals surface area contributed by atoms with Crippen LogP contribution in [0.5, 0.6) is 0 Å². The zero-order valence-corrected chi connectivity index (χ0v) is 22.3. The number of rotatable bonds is 25. The number of carbonyl (C=O) groups is 3. The van der Waals surface area contributed by atoms with Crippen molar-refractivity contribution in [1.82, 2.24) is 0 Å². The van der Waals surface area contributed by atoms with Gasteiger partial charge in [-0.2, -0.15) is 0 Å². The van der Waals surface area contributed by atoms with E-state index in [2.05, 4.69) is 21.6 Å². The van der Waals surface area contributed by atoms with Crippen LogP contribution in [0.1, 0.15) is 141 Å². The number of Topliss-reactive ketones (excluding diaryl/α,β-unsaturated/α-hetero) is 1. The van der Waals surface area contributed by atoms with Crippen LogP contribution in [-0.4, -0.2) is 31.9 Å². The molecule has 0 aromatic carbocycles. The molecule has 5 heteroatoms. The molecule has 0 aliphatic carbocycles. The van der Waals surface area contributed by atoms with E-state index in [1.54, 1.807) is 0 Å². The molecule has 0 fully saturated rings. The van der Waals surface area contributed by atoms with Crippen LogP contribution < -0.4 is 0 Å². The number of ether oxygens (including phenoxy) is 2. The first-order valence-electron chi connectivity index (χ1n) is 13.9. The van der Waals surface area contributed by atoms with Crippen molar-refractivity contribution in [3.8, 4) is 0 Å². The summed E-state index contributed by atoms with van der Waals surface area (Å²) in [6, 6.07) is 0. The van der Waals surface area contributed by atoms with E-state index in [0.29, 0.717) is 18.6 Å². The van der Waals surface area contributed by atoms with Crippen molar-refractivity contribution < 1.29 is 23.9 Å². The summed E-state index contributed by atoms with van der Waals surface area (Å²) in [5.74, 6) is 0.193. The molecule has 5 nitrogen and oxygen atoms in total. The van der Waals surface area contributed by atoms with Gasteiger partial charge in [0.1, 0.15) is 5.78 Å². The van der Waals surface area contributed by atoms with Gasteiger partial charge >= 0.3 is 11.9 Å². The number of allylic oxidation sites excluding steroid dienone is 2. The molecule has 0 unspecified atom stereocenters. The van der Waals surface area contributed by atoms with Crippen molar-refractivity contribution in [2.75, 3.05) is 14.2 Å². The van der Waals surface area contributed by atoms with Gasteiger partial charge in [0.2, 0.25) is 0 Å². The molecule has 198 valence electrons. The topological polar surface area (TPSA) is 69.7 Å². The van der Waals surface area contributed by atoms with Crippen LogP contribution in [0.3, 0.4) is 0 Å². The zero-order valence-electron chi connectivity index (χ0n) is 22.3. The molecule has 0 N–H and O–H groups in total. The van der Waals surface area contributed by atoms with Crippen LogP contribution in [0, 0.1) is 0 Å². The van der Waals surface area contributed by atoms with Crippen LogP contribution in [-0.2, 0) is 23.9 Å². The van der Waals surface area contributed by atoms with E-state index in [1.807, 2.05) is 0 Å². The number of methoxy groups -OCH3 is 2. The van der Waals surface area contributed by atoms with Gasteiger partial charge in [-0.25, -0.2) is 0 Å². The lowest BCUT2D eigenvalue weighted by atomic mass is 10.0. The first-order chi connectivity index (χ1) is 16.6. The van der Waals surface area contributed by atoms with Crippen molar-refractivity contribution >= 4 is 17.7 Å². The molecular formula is C29H52O5. The molecule has 0 aliphatic rings. The van der Waals surface area contributed by atoms with Gasteiger partial charge in [-0.15, -0.1) is 0 Å². The van der Waals surface area contributed by atoms with Gasteiger partial charge in [-0.1, -0.05) is 76.4 Å². The normalized spacial score (nSPS) is 11.1. The minimum Gasteiger partial charge on any atom is -0.469 e. The maximum Gasteiger partial charge on any atom is 0.305 e. The Morgan fingerprint density at radius 3 is 1.09 bits per heavy atom. The molecule has 0 heterocycles. The van der Waals surface area contributed by atoms with Crippen molar-refractivity contribution in [2.24, 2.45) is 0 Å². The molecule has 0 aromatic rings. The highest BCUT2D eigenvalue weighted by Crippen LogP contribution is 2.13. The van der Waals surface area contributed by atoms with Gasteiger partial charge < -0.3 is 9.47 Å². The van der Waals surface area contributed by atoms with Crippen molar-refractivity contribution in [2.45, 2.75) is 141 Å². The Labute approximate surface area is 209 Å². The summed E-state index contributed by atoms with van der Waals surface area (Å²) in [5.41, 5.74) is 0. The highest BCUT2D eigenvalue weighted by molar-refractivity contribution is 5.78. The molecule has 0 radical (unpaired) electrons. The summed E-state index contributed by atoms with van der Waals surface area (Å²) in [7, 11) is 2.88. The fourth-order valence-electron chi connectivity index (χ4n) is 4.04. The number of hydrogen-bond donors (Lipinski definition) is 0. The van der Waals surface area contributed by atoms with Gasteiger partial charge in [0.05, 0.1) is 14.2 Å². The zero-order chi connectivity index (χ0) is 25.1. The Hall–Kier alpha value is -1.65. The maximum atomic E-state index is 12.0. The first-order valence-corrected chi connectivity index (χ1v) is 13.9. The summed E-state index contributed by atoms with van der Waals surface area (Å²) in [4.78, 5) is 34.0. The molecule has 0 amide bonds. The van der Waals surface area contributed by atoms with E-state index in [-0.39, 0.29) is 11.9 Å². The summed E-state index contributed by atoms with van der Waals surface area (Å²) in [6.45, 7) is 0. The third-order valence-electron chi connectivity index (χ3n) is 6.29. The van der Waals surface area contributed by atoms with Crippen LogP contribution in [0.25, 0.3) is 0 Å². The number of unbranched alkanes of at least 4 members (excludes halogenated alkanes) is 15. The molecule has 0 saturated heterocycles. The average molecular weight is 481 g/mol. The highest BCUT2D eigenvalue weighted by atomic mass is 16.5. The smallest absolute Gasteiger partial charge is 0.305 e. The molecule has 34 heavy (non-hydrogen) atoms. The summed E-state index contributed by atoms with van der Waals surface area (Å²) < 4.78 is 9.27. The maximum absolute atomic E-state index is 12.0. The first kappa shape index (κ1) is 32.4. The largest absolute Gasteiger partial charge is 0.469 e. The van der Waals surface area contributed by atoms with Crippen LogP contribution in [0.15, 0.2) is 12.2 Å². The molecule has 0 aliphatic heterocycles. The van der Waals surface area contributed by atoms with E-state index >= 15 is 0 Å². The SMILES string of the molecule is COC(=O)CCCCCCCC=CCCCCCCCCC(=O)CCCCCCCC(=O)OC. The Morgan fingerprint density at radius 1 is 0.441 bits per heavy atom. The van der Waals surface area contributed by atoms with Gasteiger partial charge in [0.25, 0.3) is 0 Å². The fraction of sp³-hybridized carbons (Fsp3) is 0.828. The molecule has 0 bridgehead atoms. The minimum atomic E-state index is -0.129. The number of carbonyl (C=O) groups excluding carboxylic acids is 3. The number of hydrogen-bond acceptors (Lipinski definition) is 5. The van der Waals surface area contributed by atoms with Gasteiger partial charge in [-0.3, -0.25) is 14.4 Å². The second kappa shape index (κ2) is 26.0. The molecule has 0 atom stereocenters. The molecule has 0 spiro atoms. The lowest BCUT2D eigenvalue weighted by Crippen LogP contribution is -1.99. The molecule has 0 aromatic heterocycles. The minimum absolute atomic E-state index is 0.0953. The fourth-order valence-corrected chi connectivity index (χ4v) is 4.04. The number of ketones is 1.